The van der Waals surface area contributed by atoms with E-state index >= 15 is 0 Å². The third-order valence-corrected chi connectivity index (χ3v) is 4.50. The number of fused-ring (bicyclic) bond motifs is 1. The molecule has 0 fully saturated rings. The molecule has 0 aromatic heterocycles. The van der Waals surface area contributed by atoms with Crippen LogP contribution < -0.4 is 4.74 Å². The summed E-state index contributed by atoms with van der Waals surface area (Å²) in [7, 11) is 1.66. The number of methoxy groups -OCH3 is 1. The van der Waals surface area contributed by atoms with Gasteiger partial charge in [0.2, 0.25) is 5.91 Å². The molecule has 4 nitrogen and oxygen atoms in total. The van der Waals surface area contributed by atoms with Crippen molar-refractivity contribution in [3.8, 4) is 17.6 Å². The van der Waals surface area contributed by atoms with Gasteiger partial charge in [-0.15, -0.1) is 0 Å². The molecule has 136 valence electrons. The number of carbonyl (C=O) groups is 1. The summed E-state index contributed by atoms with van der Waals surface area (Å²) in [6.45, 7) is 3.10. The molecule has 0 bridgehead atoms. The predicted octanol–water partition coefficient (Wildman–Crippen LogP) is 4.55. The number of ether oxygens (including phenoxy) is 1. The Morgan fingerprint density at radius 3 is 2.48 bits per heavy atom. The third-order valence-electron chi connectivity index (χ3n) is 4.50. The molecule has 0 radical (unpaired) electrons. The molecule has 4 heteroatoms. The summed E-state index contributed by atoms with van der Waals surface area (Å²) < 4.78 is 5.42. The van der Waals surface area contributed by atoms with E-state index in [0.29, 0.717) is 0 Å². The first-order valence-corrected chi connectivity index (χ1v) is 8.67. The van der Waals surface area contributed by atoms with Gasteiger partial charge >= 0.3 is 0 Å². The fourth-order valence-corrected chi connectivity index (χ4v) is 2.99. The molecule has 3 aromatic carbocycles. The number of rotatable bonds is 3. The van der Waals surface area contributed by atoms with Crippen molar-refractivity contribution in [1.82, 2.24) is 5.06 Å². The highest BCUT2D eigenvalue weighted by Crippen LogP contribution is 2.28. The Hall–Kier alpha value is -3.29. The largest absolute Gasteiger partial charge is 0.496 e. The quantitative estimate of drug-likeness (QED) is 0.424. The molecule has 0 heterocycles. The Labute approximate surface area is 159 Å². The summed E-state index contributed by atoms with van der Waals surface area (Å²) in [5.41, 5.74) is 2.55. The van der Waals surface area contributed by atoms with Crippen molar-refractivity contribution < 1.29 is 14.7 Å². The molecule has 0 aliphatic carbocycles. The standard InChI is InChI=1S/C23H21NO3/c1-16(24(26)17(2)25)20-8-6-7-18(15-20)11-12-19-13-14-23(27-3)22-10-5-4-9-21(19)22/h4-10,13-16,26H,1-3H3. The van der Waals surface area contributed by atoms with Gasteiger partial charge in [-0.25, -0.2) is 5.06 Å². The smallest absolute Gasteiger partial charge is 0.243 e. The normalized spacial score (nSPS) is 11.4. The van der Waals surface area contributed by atoms with E-state index in [0.717, 1.165) is 38.3 Å². The van der Waals surface area contributed by atoms with Crippen LogP contribution in [0.1, 0.15) is 36.6 Å². The van der Waals surface area contributed by atoms with Crippen LogP contribution in [0.4, 0.5) is 0 Å². The first-order valence-electron chi connectivity index (χ1n) is 8.67. The molecule has 0 saturated heterocycles. The Bertz CT molecular complexity index is 1050. The first kappa shape index (κ1) is 18.5. The van der Waals surface area contributed by atoms with E-state index in [1.54, 1.807) is 14.0 Å². The minimum Gasteiger partial charge on any atom is -0.496 e. The first-order chi connectivity index (χ1) is 13.0. The lowest BCUT2D eigenvalue weighted by Crippen LogP contribution is -2.27. The molecular weight excluding hydrogens is 338 g/mol. The molecule has 1 N–H and O–H groups in total. The highest BCUT2D eigenvalue weighted by molar-refractivity contribution is 5.93. The molecule has 0 saturated carbocycles. The van der Waals surface area contributed by atoms with Crippen LogP contribution in [0.15, 0.2) is 60.7 Å². The maximum Gasteiger partial charge on any atom is 0.243 e. The molecule has 1 unspecified atom stereocenters. The molecule has 1 amide bonds. The molecule has 3 rings (SSSR count). The van der Waals surface area contributed by atoms with Crippen molar-refractivity contribution in [3.05, 3.63) is 77.4 Å². The summed E-state index contributed by atoms with van der Waals surface area (Å²) in [6, 6.07) is 18.9. The van der Waals surface area contributed by atoms with Crippen molar-refractivity contribution in [2.75, 3.05) is 7.11 Å². The van der Waals surface area contributed by atoms with Gasteiger partial charge in [-0.1, -0.05) is 48.2 Å². The zero-order valence-electron chi connectivity index (χ0n) is 15.6. The minimum absolute atomic E-state index is 0.399. The summed E-state index contributed by atoms with van der Waals surface area (Å²) in [5.74, 6) is 6.82. The fraction of sp³-hybridized carbons (Fsp3) is 0.174. The van der Waals surface area contributed by atoms with E-state index in [9.17, 15) is 10.0 Å². The summed E-state index contributed by atoms with van der Waals surface area (Å²) >= 11 is 0. The van der Waals surface area contributed by atoms with Gasteiger partial charge in [0.05, 0.1) is 13.2 Å². The molecule has 0 aliphatic rings. The fourth-order valence-electron chi connectivity index (χ4n) is 2.99. The summed E-state index contributed by atoms with van der Waals surface area (Å²) in [5, 5.41) is 12.6. The average molecular weight is 359 g/mol. The predicted molar refractivity (Wildman–Crippen MR) is 106 cm³/mol. The van der Waals surface area contributed by atoms with Crippen molar-refractivity contribution in [2.45, 2.75) is 19.9 Å². The molecule has 1 atom stereocenters. The van der Waals surface area contributed by atoms with Gasteiger partial charge in [0.25, 0.3) is 0 Å². The van der Waals surface area contributed by atoms with Crippen molar-refractivity contribution in [3.63, 3.8) is 0 Å². The van der Waals surface area contributed by atoms with Gasteiger partial charge < -0.3 is 4.74 Å². The van der Waals surface area contributed by atoms with Gasteiger partial charge in [-0.05, 0) is 36.8 Å². The van der Waals surface area contributed by atoms with Gasteiger partial charge in [-0.2, -0.15) is 0 Å². The number of hydrogen-bond acceptors (Lipinski definition) is 3. The van der Waals surface area contributed by atoms with Gasteiger partial charge in [0.15, 0.2) is 0 Å². The second-order valence-electron chi connectivity index (χ2n) is 6.28. The Morgan fingerprint density at radius 1 is 1.04 bits per heavy atom. The lowest BCUT2D eigenvalue weighted by molar-refractivity contribution is -0.172. The Balaban J connectivity index is 1.97. The lowest BCUT2D eigenvalue weighted by Gasteiger charge is -2.21. The topological polar surface area (TPSA) is 49.8 Å². The van der Waals surface area contributed by atoms with E-state index in [4.69, 9.17) is 4.74 Å². The van der Waals surface area contributed by atoms with Crippen LogP contribution in [0.2, 0.25) is 0 Å². The number of carbonyl (C=O) groups excluding carboxylic acids is 1. The number of benzene rings is 3. The number of nitrogens with zero attached hydrogens (tertiary/aromatic N) is 1. The second-order valence-corrected chi connectivity index (χ2v) is 6.28. The second kappa shape index (κ2) is 7.94. The van der Waals surface area contributed by atoms with E-state index in [1.807, 2.05) is 60.7 Å². The highest BCUT2D eigenvalue weighted by atomic mass is 16.5. The van der Waals surface area contributed by atoms with Crippen LogP contribution in [0.3, 0.4) is 0 Å². The van der Waals surface area contributed by atoms with Gasteiger partial charge in [0, 0.05) is 28.8 Å². The lowest BCUT2D eigenvalue weighted by atomic mass is 10.0. The molecule has 3 aromatic rings. The molecule has 27 heavy (non-hydrogen) atoms. The molecule has 0 aliphatic heterocycles. The van der Waals surface area contributed by atoms with Crippen molar-refractivity contribution in [2.24, 2.45) is 0 Å². The Morgan fingerprint density at radius 2 is 1.78 bits per heavy atom. The average Bonchev–Trinajstić information content (AvgIpc) is 2.71. The molecule has 0 spiro atoms. The van der Waals surface area contributed by atoms with E-state index < -0.39 is 11.9 Å². The van der Waals surface area contributed by atoms with E-state index in [-0.39, 0.29) is 0 Å². The number of hydroxylamine groups is 2. The summed E-state index contributed by atoms with van der Waals surface area (Å²) in [6.07, 6.45) is 0. The SMILES string of the molecule is COc1ccc(C#Cc2cccc(C(C)N(O)C(C)=O)c2)c2ccccc12. The minimum atomic E-state index is -0.439. The van der Waals surface area contributed by atoms with Crippen molar-refractivity contribution in [1.29, 1.82) is 0 Å². The van der Waals surface area contributed by atoms with Crippen LogP contribution in [-0.2, 0) is 4.79 Å². The van der Waals surface area contributed by atoms with Crippen LogP contribution in [0, 0.1) is 11.8 Å². The van der Waals surface area contributed by atoms with Crippen LogP contribution in [0.5, 0.6) is 5.75 Å². The maximum absolute atomic E-state index is 11.4. The Kier molecular flexibility index (Phi) is 5.44. The molecular formula is C23H21NO3. The zero-order valence-corrected chi connectivity index (χ0v) is 15.6. The monoisotopic (exact) mass is 359 g/mol. The number of hydrogen-bond donors (Lipinski definition) is 1. The highest BCUT2D eigenvalue weighted by Gasteiger charge is 2.16. The van der Waals surface area contributed by atoms with E-state index in [1.165, 1.54) is 6.92 Å². The maximum atomic E-state index is 11.4. The number of amides is 1. The van der Waals surface area contributed by atoms with Gasteiger partial charge in [0.1, 0.15) is 5.75 Å². The third kappa shape index (κ3) is 3.94. The van der Waals surface area contributed by atoms with Gasteiger partial charge in [-0.3, -0.25) is 10.0 Å². The zero-order chi connectivity index (χ0) is 19.4. The van der Waals surface area contributed by atoms with Crippen LogP contribution in [-0.4, -0.2) is 23.3 Å². The van der Waals surface area contributed by atoms with Crippen LogP contribution in [0.25, 0.3) is 10.8 Å². The van der Waals surface area contributed by atoms with Crippen LogP contribution >= 0.6 is 0 Å². The van der Waals surface area contributed by atoms with Crippen molar-refractivity contribution >= 4 is 16.7 Å². The summed E-state index contributed by atoms with van der Waals surface area (Å²) in [4.78, 5) is 11.4. The van der Waals surface area contributed by atoms with E-state index in [2.05, 4.69) is 11.8 Å².